The molecule has 2 bridgehead atoms. The number of carbonyl (C=O) groups excluding carboxylic acids is 1. The molecule has 0 aromatic carbocycles. The zero-order valence-corrected chi connectivity index (χ0v) is 9.20. The number of urea groups is 1. The molecular formula is C10H11N3OS. The molecule has 1 aromatic heterocycles. The van der Waals surface area contributed by atoms with Gasteiger partial charge in [0.2, 0.25) is 0 Å². The molecule has 0 aliphatic carbocycles. The van der Waals surface area contributed by atoms with E-state index in [9.17, 15) is 4.79 Å². The third-order valence-electron chi connectivity index (χ3n) is 3.05. The molecule has 4 nitrogen and oxygen atoms in total. The van der Waals surface area contributed by atoms with Crippen LogP contribution in [0, 0.1) is 0 Å². The van der Waals surface area contributed by atoms with Crippen molar-refractivity contribution in [3.63, 3.8) is 0 Å². The minimum absolute atomic E-state index is 0.135. The Balaban J connectivity index is 2.00. The molecule has 0 radical (unpaired) electrons. The third-order valence-corrected chi connectivity index (χ3v) is 3.84. The van der Waals surface area contributed by atoms with Gasteiger partial charge in [-0.3, -0.25) is 0 Å². The van der Waals surface area contributed by atoms with Gasteiger partial charge in [-0.15, -0.1) is 0 Å². The third kappa shape index (κ3) is 1.19. The summed E-state index contributed by atoms with van der Waals surface area (Å²) in [6.45, 7) is 1.55. The summed E-state index contributed by atoms with van der Waals surface area (Å²) in [6, 6.07) is 2.37. The predicted octanol–water partition coefficient (Wildman–Crippen LogP) is 1.28. The first kappa shape index (κ1) is 8.91. The fourth-order valence-electron chi connectivity index (χ4n) is 2.20. The topological polar surface area (TPSA) is 36.4 Å². The van der Waals surface area contributed by atoms with E-state index in [2.05, 4.69) is 10.4 Å². The second-order valence-electron chi connectivity index (χ2n) is 3.85. The Morgan fingerprint density at radius 3 is 3.20 bits per heavy atom. The first-order valence-electron chi connectivity index (χ1n) is 4.90. The van der Waals surface area contributed by atoms with Gasteiger partial charge in [-0.05, 0) is 23.2 Å². The van der Waals surface area contributed by atoms with Crippen LogP contribution in [0.5, 0.6) is 0 Å². The maximum atomic E-state index is 11.7. The van der Waals surface area contributed by atoms with Crippen molar-refractivity contribution in [1.29, 1.82) is 0 Å². The molecule has 2 aliphatic heterocycles. The summed E-state index contributed by atoms with van der Waals surface area (Å²) in [5.41, 5.74) is 1.25. The van der Waals surface area contributed by atoms with Crippen molar-refractivity contribution in [2.75, 3.05) is 20.1 Å². The highest BCUT2D eigenvalue weighted by Crippen LogP contribution is 2.32. The highest BCUT2D eigenvalue weighted by atomic mass is 32.1. The fraction of sp³-hybridized carbons (Fsp3) is 0.400. The van der Waals surface area contributed by atoms with Gasteiger partial charge in [0.05, 0.1) is 10.9 Å². The van der Waals surface area contributed by atoms with E-state index in [1.807, 2.05) is 29.1 Å². The van der Waals surface area contributed by atoms with Crippen molar-refractivity contribution in [3.8, 4) is 0 Å². The lowest BCUT2D eigenvalue weighted by atomic mass is 10.0. The van der Waals surface area contributed by atoms with Crippen molar-refractivity contribution in [3.05, 3.63) is 23.2 Å². The van der Waals surface area contributed by atoms with Crippen LogP contribution in [0.2, 0.25) is 0 Å². The van der Waals surface area contributed by atoms with E-state index in [1.54, 1.807) is 0 Å². The number of rotatable bonds is 1. The second kappa shape index (κ2) is 3.06. The van der Waals surface area contributed by atoms with Crippen molar-refractivity contribution in [2.45, 2.75) is 6.04 Å². The largest absolute Gasteiger partial charge is 0.320 e. The predicted molar refractivity (Wildman–Crippen MR) is 58.6 cm³/mol. The Morgan fingerprint density at radius 1 is 1.60 bits per heavy atom. The number of hydrogen-bond acceptors (Lipinski definition) is 3. The summed E-state index contributed by atoms with van der Waals surface area (Å²) >= 11 is 1.50. The number of nitrogens with zero attached hydrogens (tertiary/aromatic N) is 3. The smallest absolute Gasteiger partial charge is 0.319 e. The van der Waals surface area contributed by atoms with Gasteiger partial charge in [-0.2, -0.15) is 0 Å². The normalized spacial score (nSPS) is 24.7. The van der Waals surface area contributed by atoms with Gasteiger partial charge in [-0.1, -0.05) is 6.08 Å². The average Bonchev–Trinajstić information content (AvgIpc) is 2.85. The summed E-state index contributed by atoms with van der Waals surface area (Å²) in [5, 5.41) is 0. The SMILES string of the molecule is CN1C(=O)N2CC=C(c3ccns3)C1C2. The number of amides is 2. The summed E-state index contributed by atoms with van der Waals surface area (Å²) in [6.07, 6.45) is 3.95. The number of hydrogen-bond donors (Lipinski definition) is 0. The Hall–Kier alpha value is -1.36. The second-order valence-corrected chi connectivity index (χ2v) is 4.68. The summed E-state index contributed by atoms with van der Waals surface area (Å²) < 4.78 is 4.11. The fourth-order valence-corrected chi connectivity index (χ4v) is 2.88. The van der Waals surface area contributed by atoms with E-state index in [0.717, 1.165) is 13.1 Å². The van der Waals surface area contributed by atoms with Crippen LogP contribution in [0.1, 0.15) is 4.88 Å². The standard InChI is InChI=1S/C10H11N3OS/c1-12-8-6-13(10(12)14)5-3-7(8)9-2-4-11-15-9/h2-4,8H,5-6H2,1H3. The molecular weight excluding hydrogens is 210 g/mol. The van der Waals surface area contributed by atoms with Gasteiger partial charge in [0.25, 0.3) is 0 Å². The Labute approximate surface area is 92.0 Å². The molecule has 1 saturated heterocycles. The van der Waals surface area contributed by atoms with E-state index < -0.39 is 0 Å². The number of fused-ring (bicyclic) bond motifs is 2. The molecule has 1 atom stereocenters. The van der Waals surface area contributed by atoms with Crippen molar-refractivity contribution >= 4 is 23.1 Å². The van der Waals surface area contributed by atoms with Crippen LogP contribution < -0.4 is 0 Å². The average molecular weight is 221 g/mol. The van der Waals surface area contributed by atoms with Crippen molar-refractivity contribution < 1.29 is 4.79 Å². The van der Waals surface area contributed by atoms with Crippen LogP contribution in [0.4, 0.5) is 4.79 Å². The zero-order valence-electron chi connectivity index (χ0n) is 8.38. The van der Waals surface area contributed by atoms with Crippen LogP contribution in [0.25, 0.3) is 5.57 Å². The van der Waals surface area contributed by atoms with E-state index in [4.69, 9.17) is 0 Å². The minimum atomic E-state index is 0.135. The number of aromatic nitrogens is 1. The zero-order chi connectivity index (χ0) is 10.4. The highest BCUT2D eigenvalue weighted by Gasteiger charge is 2.39. The van der Waals surface area contributed by atoms with E-state index in [1.165, 1.54) is 22.0 Å². The summed E-state index contributed by atoms with van der Waals surface area (Å²) in [5.74, 6) is 0. The molecule has 3 rings (SSSR count). The van der Waals surface area contributed by atoms with Gasteiger partial charge in [0.15, 0.2) is 0 Å². The molecule has 1 aromatic rings. The van der Waals surface area contributed by atoms with Crippen molar-refractivity contribution in [1.82, 2.24) is 14.2 Å². The Bertz CT molecular complexity index is 426. The van der Waals surface area contributed by atoms with E-state index >= 15 is 0 Å². The van der Waals surface area contributed by atoms with Crippen LogP contribution in [-0.2, 0) is 0 Å². The molecule has 15 heavy (non-hydrogen) atoms. The van der Waals surface area contributed by atoms with Crippen LogP contribution >= 0.6 is 11.5 Å². The lowest BCUT2D eigenvalue weighted by Gasteiger charge is -2.22. The summed E-state index contributed by atoms with van der Waals surface area (Å²) in [7, 11) is 1.87. The van der Waals surface area contributed by atoms with Gasteiger partial charge >= 0.3 is 6.03 Å². The van der Waals surface area contributed by atoms with Gasteiger partial charge < -0.3 is 9.80 Å². The molecule has 1 unspecified atom stereocenters. The molecule has 0 spiro atoms. The summed E-state index contributed by atoms with van der Waals surface area (Å²) in [4.78, 5) is 16.6. The van der Waals surface area contributed by atoms with Gasteiger partial charge in [0, 0.05) is 26.3 Å². The maximum absolute atomic E-state index is 11.7. The van der Waals surface area contributed by atoms with Gasteiger partial charge in [-0.25, -0.2) is 9.17 Å². The maximum Gasteiger partial charge on any atom is 0.320 e. The number of likely N-dealkylation sites (N-methyl/N-ethyl adjacent to an activating group) is 1. The van der Waals surface area contributed by atoms with Crippen LogP contribution in [-0.4, -0.2) is 46.4 Å². The molecule has 78 valence electrons. The molecule has 2 amide bonds. The molecule has 3 heterocycles. The molecule has 0 saturated carbocycles. The van der Waals surface area contributed by atoms with Crippen LogP contribution in [0.15, 0.2) is 18.3 Å². The van der Waals surface area contributed by atoms with Crippen molar-refractivity contribution in [2.24, 2.45) is 0 Å². The quantitative estimate of drug-likeness (QED) is 0.716. The first-order chi connectivity index (χ1) is 7.27. The lowest BCUT2D eigenvalue weighted by molar-refractivity contribution is 0.202. The number of carbonyl (C=O) groups is 1. The molecule has 5 heteroatoms. The monoisotopic (exact) mass is 221 g/mol. The van der Waals surface area contributed by atoms with Gasteiger partial charge in [0.1, 0.15) is 0 Å². The Kier molecular flexibility index (Phi) is 1.82. The highest BCUT2D eigenvalue weighted by molar-refractivity contribution is 7.07. The van der Waals surface area contributed by atoms with E-state index in [0.29, 0.717) is 0 Å². The molecule has 0 N–H and O–H groups in total. The molecule has 1 fully saturated rings. The minimum Gasteiger partial charge on any atom is -0.319 e. The van der Waals surface area contributed by atoms with Crippen LogP contribution in [0.3, 0.4) is 0 Å². The Morgan fingerprint density at radius 2 is 2.47 bits per heavy atom. The van der Waals surface area contributed by atoms with E-state index in [-0.39, 0.29) is 12.1 Å². The molecule has 2 aliphatic rings. The first-order valence-corrected chi connectivity index (χ1v) is 5.67. The lowest BCUT2D eigenvalue weighted by Crippen LogP contribution is -2.29.